The Morgan fingerprint density at radius 3 is 2.73 bits per heavy atom. The number of para-hydroxylation sites is 1. The van der Waals surface area contributed by atoms with Crippen LogP contribution in [0.1, 0.15) is 20.3 Å². The summed E-state index contributed by atoms with van der Waals surface area (Å²) in [5.41, 5.74) is 0.192. The van der Waals surface area contributed by atoms with Crippen LogP contribution in [0.2, 0.25) is 0 Å². The van der Waals surface area contributed by atoms with Gasteiger partial charge in [0.25, 0.3) is 0 Å². The molecule has 1 aliphatic rings. The molecule has 1 aromatic carbocycles. The van der Waals surface area contributed by atoms with Crippen LogP contribution in [0.5, 0.6) is 0 Å². The van der Waals surface area contributed by atoms with E-state index in [0.29, 0.717) is 11.8 Å². The summed E-state index contributed by atoms with van der Waals surface area (Å²) in [5.74, 6) is 1.63. The van der Waals surface area contributed by atoms with Gasteiger partial charge in [-0.1, -0.05) is 37.7 Å². The summed E-state index contributed by atoms with van der Waals surface area (Å²) in [4.78, 5) is 23.0. The highest BCUT2D eigenvalue weighted by Gasteiger charge is 2.23. The zero-order valence-corrected chi connectivity index (χ0v) is 15.8. The van der Waals surface area contributed by atoms with Crippen molar-refractivity contribution in [3.63, 3.8) is 0 Å². The summed E-state index contributed by atoms with van der Waals surface area (Å²) < 4.78 is 13.6. The maximum Gasteiger partial charge on any atom is 0.234 e. The highest BCUT2D eigenvalue weighted by molar-refractivity contribution is 7.99. The second-order valence-electron chi connectivity index (χ2n) is 6.88. The van der Waals surface area contributed by atoms with Crippen molar-refractivity contribution in [2.45, 2.75) is 25.3 Å². The van der Waals surface area contributed by atoms with Gasteiger partial charge < -0.3 is 10.2 Å². The van der Waals surface area contributed by atoms with Crippen molar-refractivity contribution >= 4 is 29.2 Å². The highest BCUT2D eigenvalue weighted by atomic mass is 32.2. The van der Waals surface area contributed by atoms with Crippen molar-refractivity contribution < 1.29 is 9.18 Å². The molecule has 26 heavy (non-hydrogen) atoms. The van der Waals surface area contributed by atoms with Gasteiger partial charge in [-0.15, -0.1) is 0 Å². The van der Waals surface area contributed by atoms with Crippen LogP contribution < -0.4 is 10.2 Å². The van der Waals surface area contributed by atoms with E-state index in [2.05, 4.69) is 34.0 Å². The lowest BCUT2D eigenvalue weighted by Crippen LogP contribution is -2.39. The van der Waals surface area contributed by atoms with Crippen molar-refractivity contribution in [1.82, 2.24) is 9.97 Å². The molecule has 2 aromatic rings. The monoisotopic (exact) mass is 374 g/mol. The zero-order valence-electron chi connectivity index (χ0n) is 15.0. The molecule has 0 radical (unpaired) electrons. The predicted molar refractivity (Wildman–Crippen MR) is 103 cm³/mol. The molecule has 138 valence electrons. The first-order valence-electron chi connectivity index (χ1n) is 8.75. The minimum Gasteiger partial charge on any atom is -0.356 e. The summed E-state index contributed by atoms with van der Waals surface area (Å²) >= 11 is 1.32. The second kappa shape index (κ2) is 8.49. The van der Waals surface area contributed by atoms with Gasteiger partial charge in [-0.3, -0.25) is 4.79 Å². The first-order valence-corrected chi connectivity index (χ1v) is 9.74. The Labute approximate surface area is 157 Å². The highest BCUT2D eigenvalue weighted by Crippen LogP contribution is 2.27. The van der Waals surface area contributed by atoms with E-state index in [-0.39, 0.29) is 17.3 Å². The summed E-state index contributed by atoms with van der Waals surface area (Å²) in [6, 6.07) is 8.05. The zero-order chi connectivity index (χ0) is 18.5. The fraction of sp³-hybridized carbons (Fsp3) is 0.421. The average molecular weight is 374 g/mol. The number of halogens is 1. The van der Waals surface area contributed by atoms with Gasteiger partial charge in [0.2, 0.25) is 5.91 Å². The quantitative estimate of drug-likeness (QED) is 0.637. The van der Waals surface area contributed by atoms with Gasteiger partial charge in [0.15, 0.2) is 0 Å². The van der Waals surface area contributed by atoms with Crippen LogP contribution in [-0.2, 0) is 4.79 Å². The summed E-state index contributed by atoms with van der Waals surface area (Å²) in [7, 11) is 0. The van der Waals surface area contributed by atoms with Crippen LogP contribution in [0, 0.1) is 17.7 Å². The fourth-order valence-electron chi connectivity index (χ4n) is 3.32. The van der Waals surface area contributed by atoms with E-state index in [4.69, 9.17) is 0 Å². The van der Waals surface area contributed by atoms with Crippen LogP contribution in [0.3, 0.4) is 0 Å². The van der Waals surface area contributed by atoms with Crippen LogP contribution in [0.4, 0.5) is 15.9 Å². The Bertz CT molecular complexity index is 763. The number of rotatable bonds is 5. The molecule has 1 amide bonds. The van der Waals surface area contributed by atoms with E-state index >= 15 is 0 Å². The second-order valence-corrected chi connectivity index (χ2v) is 7.88. The number of hydrogen-bond donors (Lipinski definition) is 1. The van der Waals surface area contributed by atoms with Gasteiger partial charge in [0, 0.05) is 19.2 Å². The molecule has 3 rings (SSSR count). The van der Waals surface area contributed by atoms with Crippen molar-refractivity contribution in [3.8, 4) is 0 Å². The van der Waals surface area contributed by atoms with Gasteiger partial charge >= 0.3 is 0 Å². The van der Waals surface area contributed by atoms with E-state index in [0.717, 1.165) is 23.9 Å². The fourth-order valence-corrected chi connectivity index (χ4v) is 3.98. The Morgan fingerprint density at radius 2 is 2.00 bits per heavy atom. The molecule has 1 saturated heterocycles. The van der Waals surface area contributed by atoms with Gasteiger partial charge in [-0.2, -0.15) is 0 Å². The molecule has 0 bridgehead atoms. The Morgan fingerprint density at radius 1 is 1.27 bits per heavy atom. The molecule has 1 aromatic heterocycles. The van der Waals surface area contributed by atoms with Crippen LogP contribution in [0.25, 0.3) is 0 Å². The normalized spacial score (nSPS) is 20.0. The van der Waals surface area contributed by atoms with E-state index in [1.54, 1.807) is 18.2 Å². The molecule has 1 aliphatic heterocycles. The number of hydrogen-bond acceptors (Lipinski definition) is 5. The number of piperidine rings is 1. The minimum atomic E-state index is -0.441. The summed E-state index contributed by atoms with van der Waals surface area (Å²) in [6.07, 6.45) is 2.77. The molecule has 0 spiro atoms. The molecule has 0 aliphatic carbocycles. The first-order chi connectivity index (χ1) is 12.5. The van der Waals surface area contributed by atoms with Gasteiger partial charge in [-0.25, -0.2) is 14.4 Å². The maximum absolute atomic E-state index is 13.6. The van der Waals surface area contributed by atoms with Crippen LogP contribution in [0.15, 0.2) is 41.7 Å². The summed E-state index contributed by atoms with van der Waals surface area (Å²) in [5, 5.41) is 3.32. The van der Waals surface area contributed by atoms with Gasteiger partial charge in [0.1, 0.15) is 23.0 Å². The van der Waals surface area contributed by atoms with Crippen LogP contribution >= 0.6 is 11.8 Å². The number of carbonyl (C=O) groups is 1. The molecule has 1 fully saturated rings. The number of nitrogens with one attached hydrogen (secondary N) is 1. The van der Waals surface area contributed by atoms with E-state index in [1.807, 2.05) is 6.07 Å². The average Bonchev–Trinajstić information content (AvgIpc) is 2.61. The van der Waals surface area contributed by atoms with Gasteiger partial charge in [-0.05, 0) is 30.4 Å². The molecule has 1 N–H and O–H groups in total. The molecular formula is C19H23FN4OS. The maximum atomic E-state index is 13.6. The molecule has 7 heteroatoms. The number of nitrogens with zero attached hydrogens (tertiary/aromatic N) is 3. The SMILES string of the molecule is C[C@@H]1C[C@H](C)CN(c2cc(SCC(=O)Nc3ccccc3F)ncn2)C1. The topological polar surface area (TPSA) is 58.1 Å². The van der Waals surface area contributed by atoms with E-state index < -0.39 is 5.82 Å². The van der Waals surface area contributed by atoms with E-state index in [1.165, 1.54) is 30.6 Å². The largest absolute Gasteiger partial charge is 0.356 e. The van der Waals surface area contributed by atoms with Crippen molar-refractivity contribution in [3.05, 3.63) is 42.5 Å². The third-order valence-corrected chi connectivity index (χ3v) is 5.25. The molecular weight excluding hydrogens is 351 g/mol. The lowest BCUT2D eigenvalue weighted by Gasteiger charge is -2.35. The van der Waals surface area contributed by atoms with Crippen molar-refractivity contribution in [1.29, 1.82) is 0 Å². The molecule has 0 saturated carbocycles. The smallest absolute Gasteiger partial charge is 0.234 e. The summed E-state index contributed by atoms with van der Waals surface area (Å²) in [6.45, 7) is 6.48. The number of aromatic nitrogens is 2. The Balaban J connectivity index is 1.58. The molecule has 5 nitrogen and oxygen atoms in total. The predicted octanol–water partition coefficient (Wildman–Crippen LogP) is 3.83. The third-order valence-electron chi connectivity index (χ3n) is 4.32. The number of amides is 1. The third kappa shape index (κ3) is 4.94. The number of anilines is 2. The number of benzene rings is 1. The van der Waals surface area contributed by atoms with Gasteiger partial charge in [0.05, 0.1) is 11.4 Å². The molecule has 2 heterocycles. The van der Waals surface area contributed by atoms with Crippen molar-refractivity contribution in [2.24, 2.45) is 11.8 Å². The Kier molecular flexibility index (Phi) is 6.08. The molecule has 0 unspecified atom stereocenters. The van der Waals surface area contributed by atoms with Crippen molar-refractivity contribution in [2.75, 3.05) is 29.1 Å². The lowest BCUT2D eigenvalue weighted by atomic mass is 9.92. The van der Waals surface area contributed by atoms with Crippen LogP contribution in [-0.4, -0.2) is 34.7 Å². The first kappa shape index (κ1) is 18.6. The standard InChI is InChI=1S/C19H23FN4OS/c1-13-7-14(2)10-24(9-13)17-8-19(22-12-21-17)26-11-18(25)23-16-6-4-3-5-15(16)20/h3-6,8,12-14H,7,9-11H2,1-2H3,(H,23,25)/t13-,14+. The number of carbonyl (C=O) groups excluding carboxylic acids is 1. The number of thioether (sulfide) groups is 1. The Hall–Kier alpha value is -2.15. The van der Waals surface area contributed by atoms with E-state index in [9.17, 15) is 9.18 Å². The lowest BCUT2D eigenvalue weighted by molar-refractivity contribution is -0.113. The minimum absolute atomic E-state index is 0.164. The molecule has 2 atom stereocenters.